The molecule has 0 atom stereocenters. The number of fused-ring (bicyclic) bond motifs is 1. The van der Waals surface area contributed by atoms with Gasteiger partial charge in [-0.2, -0.15) is 0 Å². The number of hydrogen-bond donors (Lipinski definition) is 0. The van der Waals surface area contributed by atoms with Gasteiger partial charge in [-0.25, -0.2) is 0 Å². The molecule has 3 rings (SSSR count). The lowest BCUT2D eigenvalue weighted by Gasteiger charge is -2.02. The zero-order chi connectivity index (χ0) is 13.4. The van der Waals surface area contributed by atoms with Crippen LogP contribution in [0, 0.1) is 0 Å². The van der Waals surface area contributed by atoms with Crippen LogP contribution in [0.25, 0.3) is 22.0 Å². The van der Waals surface area contributed by atoms with E-state index in [4.69, 9.17) is 0 Å². The number of ketones is 1. The largest absolute Gasteiger partial charge is 0.350 e. The summed E-state index contributed by atoms with van der Waals surface area (Å²) in [6.07, 6.45) is 5.48. The highest BCUT2D eigenvalue weighted by molar-refractivity contribution is 6.07. The van der Waals surface area contributed by atoms with Crippen molar-refractivity contribution in [1.82, 2.24) is 9.55 Å². The van der Waals surface area contributed by atoms with Crippen LogP contribution in [0.3, 0.4) is 0 Å². The maximum atomic E-state index is 11.7. The van der Waals surface area contributed by atoms with Gasteiger partial charge < -0.3 is 4.57 Å². The lowest BCUT2D eigenvalue weighted by atomic mass is 10.0. The second-order valence-electron chi connectivity index (χ2n) is 4.68. The lowest BCUT2D eigenvalue weighted by Crippen LogP contribution is -1.89. The number of hydrogen-bond acceptors (Lipinski definition) is 2. The van der Waals surface area contributed by atoms with Gasteiger partial charge in [0.05, 0.1) is 0 Å². The number of aromatic nitrogens is 2. The van der Waals surface area contributed by atoms with Gasteiger partial charge in [0.15, 0.2) is 5.78 Å². The quantitative estimate of drug-likeness (QED) is 0.653. The van der Waals surface area contributed by atoms with Gasteiger partial charge in [0, 0.05) is 47.7 Å². The Morgan fingerprint density at radius 2 is 2.05 bits per heavy atom. The van der Waals surface area contributed by atoms with E-state index in [0.717, 1.165) is 27.6 Å². The molecule has 0 saturated carbocycles. The van der Waals surface area contributed by atoms with Crippen LogP contribution < -0.4 is 0 Å². The molecule has 2 aromatic heterocycles. The van der Waals surface area contributed by atoms with E-state index in [1.54, 1.807) is 13.1 Å². The first kappa shape index (κ1) is 11.7. The minimum absolute atomic E-state index is 0.0916. The average molecular weight is 250 g/mol. The number of Topliss-reactive ketones (excluding diaryl/α,β-unsaturated/α-hetero) is 1. The number of nitrogens with zero attached hydrogens (tertiary/aromatic N) is 2. The number of pyridine rings is 1. The molecule has 0 aliphatic heterocycles. The van der Waals surface area contributed by atoms with Crippen LogP contribution in [0.1, 0.15) is 17.3 Å². The maximum Gasteiger partial charge on any atom is 0.161 e. The summed E-state index contributed by atoms with van der Waals surface area (Å²) >= 11 is 0. The van der Waals surface area contributed by atoms with E-state index < -0.39 is 0 Å². The van der Waals surface area contributed by atoms with Crippen LogP contribution in [0.2, 0.25) is 0 Å². The molecular formula is C16H14N2O. The van der Waals surface area contributed by atoms with E-state index in [1.165, 1.54) is 0 Å². The number of benzene rings is 1. The first-order valence-corrected chi connectivity index (χ1v) is 6.17. The number of rotatable bonds is 2. The third-order valence-electron chi connectivity index (χ3n) is 3.36. The predicted molar refractivity (Wildman–Crippen MR) is 76.2 cm³/mol. The van der Waals surface area contributed by atoms with Gasteiger partial charge in [-0.1, -0.05) is 12.1 Å². The van der Waals surface area contributed by atoms with Crippen molar-refractivity contribution in [3.8, 4) is 11.1 Å². The van der Waals surface area contributed by atoms with Gasteiger partial charge >= 0.3 is 0 Å². The lowest BCUT2D eigenvalue weighted by molar-refractivity contribution is 0.101. The van der Waals surface area contributed by atoms with E-state index in [-0.39, 0.29) is 5.78 Å². The molecule has 3 heteroatoms. The van der Waals surface area contributed by atoms with Gasteiger partial charge in [0.2, 0.25) is 0 Å². The van der Waals surface area contributed by atoms with Crippen molar-refractivity contribution in [2.45, 2.75) is 6.92 Å². The topological polar surface area (TPSA) is 34.9 Å². The molecule has 0 bridgehead atoms. The molecule has 0 aliphatic carbocycles. The molecule has 3 aromatic rings. The molecule has 19 heavy (non-hydrogen) atoms. The highest BCUT2D eigenvalue weighted by Crippen LogP contribution is 2.27. The van der Waals surface area contributed by atoms with Gasteiger partial charge in [-0.3, -0.25) is 9.78 Å². The Morgan fingerprint density at radius 1 is 1.21 bits per heavy atom. The predicted octanol–water partition coefficient (Wildman–Crippen LogP) is 3.44. The first-order valence-electron chi connectivity index (χ1n) is 6.17. The molecule has 2 heterocycles. The van der Waals surface area contributed by atoms with Gasteiger partial charge in [-0.15, -0.1) is 0 Å². The van der Waals surface area contributed by atoms with E-state index in [2.05, 4.69) is 17.1 Å². The fourth-order valence-corrected chi connectivity index (χ4v) is 2.39. The zero-order valence-corrected chi connectivity index (χ0v) is 10.9. The van der Waals surface area contributed by atoms with E-state index in [0.29, 0.717) is 0 Å². The summed E-state index contributed by atoms with van der Waals surface area (Å²) in [7, 11) is 1.96. The van der Waals surface area contributed by atoms with Crippen molar-refractivity contribution in [3.63, 3.8) is 0 Å². The van der Waals surface area contributed by atoms with Gasteiger partial charge in [-0.05, 0) is 30.7 Å². The Labute approximate surface area is 111 Å². The van der Waals surface area contributed by atoms with Crippen LogP contribution in [-0.2, 0) is 7.05 Å². The van der Waals surface area contributed by atoms with Gasteiger partial charge in [0.1, 0.15) is 0 Å². The Morgan fingerprint density at radius 3 is 2.74 bits per heavy atom. The minimum atomic E-state index is 0.0916. The highest BCUT2D eigenvalue weighted by atomic mass is 16.1. The van der Waals surface area contributed by atoms with E-state index in [9.17, 15) is 4.79 Å². The molecule has 0 unspecified atom stereocenters. The molecule has 1 aromatic carbocycles. The molecule has 3 nitrogen and oxygen atoms in total. The molecule has 0 amide bonds. The number of carbonyl (C=O) groups is 1. The van der Waals surface area contributed by atoms with Crippen molar-refractivity contribution < 1.29 is 4.79 Å². The van der Waals surface area contributed by atoms with Crippen LogP contribution in [-0.4, -0.2) is 15.3 Å². The van der Waals surface area contributed by atoms with Crippen molar-refractivity contribution in [3.05, 3.63) is 54.5 Å². The van der Waals surface area contributed by atoms with Crippen LogP contribution >= 0.6 is 0 Å². The summed E-state index contributed by atoms with van der Waals surface area (Å²) in [5, 5.41) is 0.997. The summed E-state index contributed by atoms with van der Waals surface area (Å²) in [5.41, 5.74) is 3.97. The van der Waals surface area contributed by atoms with E-state index >= 15 is 0 Å². The molecule has 0 radical (unpaired) electrons. The monoisotopic (exact) mass is 250 g/mol. The fraction of sp³-hybridized carbons (Fsp3) is 0.125. The summed E-state index contributed by atoms with van der Waals surface area (Å²) in [6, 6.07) is 10.1. The zero-order valence-electron chi connectivity index (χ0n) is 10.9. The molecule has 0 saturated heterocycles. The standard InChI is InChI=1S/C16H14N2O/c1-11(19)15-10-18(2)16-6-5-12(8-14(15)16)13-4-3-7-17-9-13/h3-10H,1-2H3. The van der Waals surface area contributed by atoms with Crippen LogP contribution in [0.4, 0.5) is 0 Å². The average Bonchev–Trinajstić information content (AvgIpc) is 2.77. The minimum Gasteiger partial charge on any atom is -0.350 e. The van der Waals surface area contributed by atoms with E-state index in [1.807, 2.05) is 42.2 Å². The molecule has 0 fully saturated rings. The summed E-state index contributed by atoms with van der Waals surface area (Å²) in [5.74, 6) is 0.0916. The Kier molecular flexibility index (Phi) is 2.67. The van der Waals surface area contributed by atoms with Crippen molar-refractivity contribution in [1.29, 1.82) is 0 Å². The SMILES string of the molecule is CC(=O)c1cn(C)c2ccc(-c3cccnc3)cc12. The highest BCUT2D eigenvalue weighted by Gasteiger charge is 2.11. The van der Waals surface area contributed by atoms with Crippen LogP contribution in [0.15, 0.2) is 48.9 Å². The summed E-state index contributed by atoms with van der Waals surface area (Å²) in [4.78, 5) is 15.8. The Bertz CT molecular complexity index is 757. The Balaban J connectivity index is 2.25. The van der Waals surface area contributed by atoms with Crippen molar-refractivity contribution in [2.24, 2.45) is 7.05 Å². The molecular weight excluding hydrogens is 236 g/mol. The Hall–Kier alpha value is -2.42. The third kappa shape index (κ3) is 1.93. The second-order valence-corrected chi connectivity index (χ2v) is 4.68. The normalized spacial score (nSPS) is 10.8. The van der Waals surface area contributed by atoms with Crippen molar-refractivity contribution >= 4 is 16.7 Å². The molecule has 0 aliphatic rings. The second kappa shape index (κ2) is 4.35. The smallest absolute Gasteiger partial charge is 0.161 e. The van der Waals surface area contributed by atoms with Crippen molar-refractivity contribution in [2.75, 3.05) is 0 Å². The fourth-order valence-electron chi connectivity index (χ4n) is 2.39. The molecule has 0 spiro atoms. The molecule has 0 N–H and O–H groups in total. The maximum absolute atomic E-state index is 11.7. The number of carbonyl (C=O) groups excluding carboxylic acids is 1. The summed E-state index contributed by atoms with van der Waals surface area (Å²) < 4.78 is 1.99. The van der Waals surface area contributed by atoms with Gasteiger partial charge in [0.25, 0.3) is 0 Å². The summed E-state index contributed by atoms with van der Waals surface area (Å²) in [6.45, 7) is 1.60. The first-order chi connectivity index (χ1) is 9.16. The van der Waals surface area contributed by atoms with Crippen LogP contribution in [0.5, 0.6) is 0 Å². The third-order valence-corrected chi connectivity index (χ3v) is 3.36. The molecule has 94 valence electrons. The number of aryl methyl sites for hydroxylation is 1.